The molecule has 22 heavy (non-hydrogen) atoms. The lowest BCUT2D eigenvalue weighted by Crippen LogP contribution is -2.38. The van der Waals surface area contributed by atoms with Crippen molar-refractivity contribution >= 4 is 12.4 Å². The molecule has 2 aliphatic rings. The first-order valence-electron chi connectivity index (χ1n) is 7.92. The summed E-state index contributed by atoms with van der Waals surface area (Å²) >= 11 is 0. The molecule has 2 aromatic rings. The first-order chi connectivity index (χ1) is 10.3. The van der Waals surface area contributed by atoms with Crippen LogP contribution in [0.3, 0.4) is 0 Å². The van der Waals surface area contributed by atoms with Gasteiger partial charge in [0.15, 0.2) is 0 Å². The Morgan fingerprint density at radius 2 is 1.82 bits per heavy atom. The summed E-state index contributed by atoms with van der Waals surface area (Å²) in [6.07, 6.45) is 6.09. The first-order valence-corrected chi connectivity index (χ1v) is 7.92. The number of hydrogen-bond donors (Lipinski definition) is 1. The van der Waals surface area contributed by atoms with E-state index in [1.807, 2.05) is 0 Å². The molecule has 0 aliphatic carbocycles. The lowest BCUT2D eigenvalue weighted by Gasteiger charge is -2.27. The van der Waals surface area contributed by atoms with Crippen molar-refractivity contribution in [3.63, 3.8) is 0 Å². The van der Waals surface area contributed by atoms with Gasteiger partial charge in [0.1, 0.15) is 0 Å². The highest BCUT2D eigenvalue weighted by molar-refractivity contribution is 5.85. The Morgan fingerprint density at radius 3 is 2.50 bits per heavy atom. The molecule has 3 heterocycles. The van der Waals surface area contributed by atoms with Gasteiger partial charge in [-0.3, -0.25) is 0 Å². The van der Waals surface area contributed by atoms with Gasteiger partial charge >= 0.3 is 0 Å². The van der Waals surface area contributed by atoms with Gasteiger partial charge in [-0.05, 0) is 38.5 Å². The highest BCUT2D eigenvalue weighted by Crippen LogP contribution is 2.32. The Balaban J connectivity index is 0.00000144. The van der Waals surface area contributed by atoms with Gasteiger partial charge in [-0.15, -0.1) is 12.4 Å². The Labute approximate surface area is 137 Å². The number of aryl methyl sites for hydroxylation is 1. The van der Waals surface area contributed by atoms with Crippen LogP contribution in [0.5, 0.6) is 0 Å². The molecule has 4 nitrogen and oxygen atoms in total. The Hall–Kier alpha value is -1.39. The number of nitrogens with one attached hydrogen (secondary N) is 1. The van der Waals surface area contributed by atoms with E-state index in [2.05, 4.69) is 46.6 Å². The molecule has 5 heteroatoms. The summed E-state index contributed by atoms with van der Waals surface area (Å²) in [7, 11) is 0. The minimum absolute atomic E-state index is 0. The molecule has 2 fully saturated rings. The second-order valence-corrected chi connectivity index (χ2v) is 6.56. The Kier molecular flexibility index (Phi) is 4.50. The zero-order valence-corrected chi connectivity index (χ0v) is 13.6. The molecule has 118 valence electrons. The molecule has 2 aliphatic heterocycles. The van der Waals surface area contributed by atoms with Gasteiger partial charge in [0.2, 0.25) is 11.7 Å². The third-order valence-corrected chi connectivity index (χ3v) is 4.81. The fourth-order valence-corrected chi connectivity index (χ4v) is 3.75. The third-order valence-electron chi connectivity index (χ3n) is 4.81. The van der Waals surface area contributed by atoms with E-state index in [0.29, 0.717) is 23.8 Å². The molecular formula is C17H22ClN3O. The fourth-order valence-electron chi connectivity index (χ4n) is 3.75. The molecule has 0 saturated carbocycles. The van der Waals surface area contributed by atoms with E-state index in [-0.39, 0.29) is 12.4 Å². The second-order valence-electron chi connectivity index (χ2n) is 6.56. The normalized spacial score (nSPS) is 26.7. The SMILES string of the molecule is Cc1ccc(-c2noc(CC3CC4CCC(C3)N4)n2)cc1.Cl. The summed E-state index contributed by atoms with van der Waals surface area (Å²) in [5.41, 5.74) is 2.27. The standard InChI is InChI=1S/C17H21N3O.ClH/c1-11-2-4-13(5-3-11)17-19-16(21-20-17)10-12-8-14-6-7-15(9-12)18-14;/h2-5,12,14-15,18H,6-10H2,1H3;1H. The van der Waals surface area contributed by atoms with Crippen molar-refractivity contribution in [1.82, 2.24) is 15.5 Å². The molecule has 1 aromatic carbocycles. The van der Waals surface area contributed by atoms with Gasteiger partial charge in [-0.1, -0.05) is 35.0 Å². The minimum Gasteiger partial charge on any atom is -0.339 e. The summed E-state index contributed by atoms with van der Waals surface area (Å²) in [5, 5.41) is 7.81. The lowest BCUT2D eigenvalue weighted by molar-refractivity contribution is 0.270. The molecule has 0 radical (unpaired) electrons. The van der Waals surface area contributed by atoms with E-state index >= 15 is 0 Å². The van der Waals surface area contributed by atoms with Crippen LogP contribution < -0.4 is 5.32 Å². The van der Waals surface area contributed by atoms with Crippen molar-refractivity contribution in [2.24, 2.45) is 5.92 Å². The molecule has 0 amide bonds. The topological polar surface area (TPSA) is 51.0 Å². The van der Waals surface area contributed by atoms with Crippen LogP contribution in [0.15, 0.2) is 28.8 Å². The van der Waals surface area contributed by atoms with Crippen molar-refractivity contribution in [2.45, 2.75) is 51.1 Å². The summed E-state index contributed by atoms with van der Waals surface area (Å²) in [6, 6.07) is 9.69. The monoisotopic (exact) mass is 319 g/mol. The highest BCUT2D eigenvalue weighted by atomic mass is 35.5. The third kappa shape index (κ3) is 3.18. The number of fused-ring (bicyclic) bond motifs is 2. The van der Waals surface area contributed by atoms with Gasteiger partial charge in [-0.2, -0.15) is 4.98 Å². The highest BCUT2D eigenvalue weighted by Gasteiger charge is 2.34. The van der Waals surface area contributed by atoms with Crippen LogP contribution in [0.2, 0.25) is 0 Å². The van der Waals surface area contributed by atoms with Gasteiger partial charge in [-0.25, -0.2) is 0 Å². The number of piperidine rings is 1. The maximum atomic E-state index is 5.46. The summed E-state index contributed by atoms with van der Waals surface area (Å²) in [5.74, 6) is 2.19. The Morgan fingerprint density at radius 1 is 1.14 bits per heavy atom. The van der Waals surface area contributed by atoms with Crippen LogP contribution in [0.4, 0.5) is 0 Å². The summed E-state index contributed by atoms with van der Waals surface area (Å²) in [6.45, 7) is 2.08. The summed E-state index contributed by atoms with van der Waals surface area (Å²) < 4.78 is 5.46. The first kappa shape index (κ1) is 15.5. The smallest absolute Gasteiger partial charge is 0.227 e. The predicted molar refractivity (Wildman–Crippen MR) is 88.1 cm³/mol. The van der Waals surface area contributed by atoms with Gasteiger partial charge in [0.05, 0.1) is 0 Å². The van der Waals surface area contributed by atoms with Crippen molar-refractivity contribution in [3.8, 4) is 11.4 Å². The number of nitrogens with zero attached hydrogens (tertiary/aromatic N) is 2. The second kappa shape index (κ2) is 6.39. The minimum atomic E-state index is 0. The largest absolute Gasteiger partial charge is 0.339 e. The summed E-state index contributed by atoms with van der Waals surface area (Å²) in [4.78, 5) is 4.58. The number of hydrogen-bond acceptors (Lipinski definition) is 4. The van der Waals surface area contributed by atoms with E-state index in [0.717, 1.165) is 17.9 Å². The maximum absolute atomic E-state index is 5.46. The van der Waals surface area contributed by atoms with Crippen molar-refractivity contribution < 1.29 is 4.52 Å². The average molecular weight is 320 g/mol. The number of rotatable bonds is 3. The van der Waals surface area contributed by atoms with Crippen LogP contribution in [-0.4, -0.2) is 22.2 Å². The van der Waals surface area contributed by atoms with Crippen LogP contribution in [0.1, 0.15) is 37.1 Å². The molecule has 2 atom stereocenters. The maximum Gasteiger partial charge on any atom is 0.227 e. The molecule has 0 spiro atoms. The van der Waals surface area contributed by atoms with Crippen molar-refractivity contribution in [1.29, 1.82) is 0 Å². The van der Waals surface area contributed by atoms with Crippen LogP contribution in [0, 0.1) is 12.8 Å². The Bertz CT molecular complexity index is 613. The van der Waals surface area contributed by atoms with E-state index in [4.69, 9.17) is 4.52 Å². The van der Waals surface area contributed by atoms with E-state index in [9.17, 15) is 0 Å². The molecule has 2 unspecified atom stereocenters. The molecule has 2 saturated heterocycles. The van der Waals surface area contributed by atoms with E-state index in [1.54, 1.807) is 0 Å². The van der Waals surface area contributed by atoms with Gasteiger partial charge in [0, 0.05) is 24.1 Å². The number of benzene rings is 1. The van der Waals surface area contributed by atoms with E-state index < -0.39 is 0 Å². The lowest BCUT2D eigenvalue weighted by atomic mass is 9.90. The number of aromatic nitrogens is 2. The van der Waals surface area contributed by atoms with Crippen LogP contribution in [-0.2, 0) is 6.42 Å². The zero-order valence-electron chi connectivity index (χ0n) is 12.8. The van der Waals surface area contributed by atoms with E-state index in [1.165, 1.54) is 31.2 Å². The predicted octanol–water partition coefficient (Wildman–Crippen LogP) is 3.54. The molecule has 1 aromatic heterocycles. The fraction of sp³-hybridized carbons (Fsp3) is 0.529. The van der Waals surface area contributed by atoms with Gasteiger partial charge in [0.25, 0.3) is 0 Å². The van der Waals surface area contributed by atoms with Crippen LogP contribution in [0.25, 0.3) is 11.4 Å². The van der Waals surface area contributed by atoms with Crippen molar-refractivity contribution in [2.75, 3.05) is 0 Å². The van der Waals surface area contributed by atoms with Crippen molar-refractivity contribution in [3.05, 3.63) is 35.7 Å². The zero-order chi connectivity index (χ0) is 14.2. The van der Waals surface area contributed by atoms with Gasteiger partial charge < -0.3 is 9.84 Å². The molecule has 4 rings (SSSR count). The number of halogens is 1. The molecule has 1 N–H and O–H groups in total. The molecular weight excluding hydrogens is 298 g/mol. The quantitative estimate of drug-likeness (QED) is 0.940. The molecule has 2 bridgehead atoms. The average Bonchev–Trinajstić information content (AvgIpc) is 3.07. The van der Waals surface area contributed by atoms with Crippen LogP contribution >= 0.6 is 12.4 Å².